The van der Waals surface area contributed by atoms with Crippen LogP contribution in [-0.4, -0.2) is 48.5 Å². The number of hydrogen-bond acceptors (Lipinski definition) is 4. The average Bonchev–Trinajstić information content (AvgIpc) is 2.52. The number of amides is 1. The minimum atomic E-state index is -0.663. The third kappa shape index (κ3) is 5.83. The van der Waals surface area contributed by atoms with Gasteiger partial charge >= 0.3 is 0 Å². The lowest BCUT2D eigenvalue weighted by Gasteiger charge is -2.18. The van der Waals surface area contributed by atoms with E-state index in [1.807, 2.05) is 37.4 Å². The molecule has 0 aromatic heterocycles. The second kappa shape index (κ2) is 8.97. The molecule has 0 spiro atoms. The lowest BCUT2D eigenvalue weighted by Crippen LogP contribution is -2.42. The first kappa shape index (κ1) is 17.0. The zero-order valence-electron chi connectivity index (χ0n) is 12.6. The molecule has 6 heteroatoms. The van der Waals surface area contributed by atoms with Crippen LogP contribution in [0.5, 0.6) is 0 Å². The number of carbonyl (C=O) groups excluding carboxylic acids is 1. The van der Waals surface area contributed by atoms with Gasteiger partial charge in [-0.2, -0.15) is 0 Å². The lowest BCUT2D eigenvalue weighted by molar-refractivity contribution is -0.123. The molecule has 6 nitrogen and oxygen atoms in total. The van der Waals surface area contributed by atoms with Gasteiger partial charge in [-0.05, 0) is 25.6 Å². The van der Waals surface area contributed by atoms with E-state index in [2.05, 4.69) is 22.3 Å². The van der Waals surface area contributed by atoms with Crippen molar-refractivity contribution in [1.29, 1.82) is 0 Å². The van der Waals surface area contributed by atoms with Gasteiger partial charge in [-0.25, -0.2) is 0 Å². The van der Waals surface area contributed by atoms with Gasteiger partial charge in [0.1, 0.15) is 5.92 Å². The summed E-state index contributed by atoms with van der Waals surface area (Å²) in [6.45, 7) is 4.27. The smallest absolute Gasteiger partial charge is 0.231 e. The van der Waals surface area contributed by atoms with Crippen molar-refractivity contribution in [3.63, 3.8) is 0 Å². The van der Waals surface area contributed by atoms with Gasteiger partial charge in [0.25, 0.3) is 0 Å². The van der Waals surface area contributed by atoms with Crippen LogP contribution in [0.4, 0.5) is 0 Å². The summed E-state index contributed by atoms with van der Waals surface area (Å²) < 4.78 is 0. The van der Waals surface area contributed by atoms with Crippen molar-refractivity contribution >= 4 is 11.7 Å². The van der Waals surface area contributed by atoms with Crippen LogP contribution in [0, 0.1) is 5.92 Å². The van der Waals surface area contributed by atoms with Gasteiger partial charge < -0.3 is 21.2 Å². The number of rotatable bonds is 8. The molecule has 0 aliphatic heterocycles. The fourth-order valence-corrected chi connectivity index (χ4v) is 1.90. The van der Waals surface area contributed by atoms with Gasteiger partial charge in [-0.15, -0.1) is 0 Å². The van der Waals surface area contributed by atoms with Crippen LogP contribution < -0.4 is 11.1 Å². The van der Waals surface area contributed by atoms with Gasteiger partial charge in [0, 0.05) is 13.1 Å². The molecule has 0 fully saturated rings. The van der Waals surface area contributed by atoms with Crippen LogP contribution in [0.1, 0.15) is 12.5 Å². The topological polar surface area (TPSA) is 91.0 Å². The third-order valence-corrected chi connectivity index (χ3v) is 3.40. The molecule has 1 atom stereocenters. The molecule has 0 saturated heterocycles. The predicted octanol–water partition coefficient (Wildman–Crippen LogP) is 0.660. The van der Waals surface area contributed by atoms with Gasteiger partial charge in [-0.3, -0.25) is 4.79 Å². The maximum absolute atomic E-state index is 12.2. The highest BCUT2D eigenvalue weighted by Gasteiger charge is 2.23. The average molecular weight is 292 g/mol. The third-order valence-electron chi connectivity index (χ3n) is 3.40. The number of carbonyl (C=O) groups is 1. The standard InChI is InChI=1S/C15H24N4O2/c1-3-19(2)10-9-17-15(20)13(14(16)18-21)11-12-7-5-4-6-8-12/h4-8,13,21H,3,9-11H2,1-2H3,(H2,16,18)(H,17,20). The van der Waals surface area contributed by atoms with Gasteiger partial charge in [0.05, 0.1) is 0 Å². The molecule has 1 rings (SSSR count). The Morgan fingerprint density at radius 1 is 1.43 bits per heavy atom. The van der Waals surface area contributed by atoms with Crippen LogP contribution in [-0.2, 0) is 11.2 Å². The zero-order valence-corrected chi connectivity index (χ0v) is 12.6. The second-order valence-electron chi connectivity index (χ2n) is 4.95. The molecule has 1 amide bonds. The fourth-order valence-electron chi connectivity index (χ4n) is 1.90. The molecule has 0 aliphatic rings. The molecule has 0 aliphatic carbocycles. The van der Waals surface area contributed by atoms with E-state index >= 15 is 0 Å². The zero-order chi connectivity index (χ0) is 15.7. The molecule has 1 aromatic carbocycles. The highest BCUT2D eigenvalue weighted by molar-refractivity contribution is 6.02. The SMILES string of the molecule is CCN(C)CCNC(=O)C(Cc1ccccc1)C(N)=NO. The van der Waals surface area contributed by atoms with E-state index < -0.39 is 5.92 Å². The molecule has 1 aromatic rings. The monoisotopic (exact) mass is 292 g/mol. The fraction of sp³-hybridized carbons (Fsp3) is 0.467. The molecule has 116 valence electrons. The van der Waals surface area contributed by atoms with E-state index in [9.17, 15) is 4.79 Å². The summed E-state index contributed by atoms with van der Waals surface area (Å²) in [5, 5.41) is 14.7. The molecular formula is C15H24N4O2. The van der Waals surface area contributed by atoms with Crippen molar-refractivity contribution in [1.82, 2.24) is 10.2 Å². The molecule has 4 N–H and O–H groups in total. The summed E-state index contributed by atoms with van der Waals surface area (Å²) in [5.41, 5.74) is 6.62. The minimum Gasteiger partial charge on any atom is -0.409 e. The summed E-state index contributed by atoms with van der Waals surface area (Å²) in [7, 11) is 1.98. The van der Waals surface area contributed by atoms with Crippen molar-refractivity contribution in [2.45, 2.75) is 13.3 Å². The Kier molecular flexibility index (Phi) is 7.25. The first-order chi connectivity index (χ1) is 10.1. The lowest BCUT2D eigenvalue weighted by atomic mass is 9.97. The first-order valence-electron chi connectivity index (χ1n) is 7.06. The molecule has 0 saturated carbocycles. The maximum Gasteiger partial charge on any atom is 0.231 e. The Morgan fingerprint density at radius 2 is 2.10 bits per heavy atom. The quantitative estimate of drug-likeness (QED) is 0.284. The van der Waals surface area contributed by atoms with E-state index in [1.165, 1.54) is 0 Å². The Bertz CT molecular complexity index is 462. The number of nitrogens with zero attached hydrogens (tertiary/aromatic N) is 2. The Labute approximate surface area is 125 Å². The van der Waals surface area contributed by atoms with E-state index in [1.54, 1.807) is 0 Å². The van der Waals surface area contributed by atoms with Gasteiger partial charge in [-0.1, -0.05) is 42.4 Å². The Hall–Kier alpha value is -2.08. The molecule has 0 radical (unpaired) electrons. The van der Waals surface area contributed by atoms with Gasteiger partial charge in [0.2, 0.25) is 5.91 Å². The molecule has 0 bridgehead atoms. The van der Waals surface area contributed by atoms with E-state index in [4.69, 9.17) is 10.9 Å². The molecule has 0 heterocycles. The number of benzene rings is 1. The Morgan fingerprint density at radius 3 is 2.67 bits per heavy atom. The molecule has 21 heavy (non-hydrogen) atoms. The van der Waals surface area contributed by atoms with Crippen molar-refractivity contribution < 1.29 is 10.0 Å². The Balaban J connectivity index is 2.63. The van der Waals surface area contributed by atoms with Crippen molar-refractivity contribution in [3.05, 3.63) is 35.9 Å². The number of nitrogens with two attached hydrogens (primary N) is 1. The number of nitrogens with one attached hydrogen (secondary N) is 1. The van der Waals surface area contributed by atoms with Crippen LogP contribution in [0.15, 0.2) is 35.5 Å². The predicted molar refractivity (Wildman–Crippen MR) is 83.2 cm³/mol. The minimum absolute atomic E-state index is 0.0693. The highest BCUT2D eigenvalue weighted by Crippen LogP contribution is 2.09. The normalized spacial score (nSPS) is 13.2. The van der Waals surface area contributed by atoms with Crippen LogP contribution in [0.2, 0.25) is 0 Å². The van der Waals surface area contributed by atoms with Crippen LogP contribution >= 0.6 is 0 Å². The number of oxime groups is 1. The largest absolute Gasteiger partial charge is 0.409 e. The number of hydrogen-bond donors (Lipinski definition) is 3. The summed E-state index contributed by atoms with van der Waals surface area (Å²) in [6, 6.07) is 9.52. The van der Waals surface area contributed by atoms with Crippen molar-refractivity contribution in [2.24, 2.45) is 16.8 Å². The van der Waals surface area contributed by atoms with E-state index in [-0.39, 0.29) is 11.7 Å². The molecule has 1 unspecified atom stereocenters. The summed E-state index contributed by atoms with van der Waals surface area (Å²) in [6.07, 6.45) is 0.409. The van der Waals surface area contributed by atoms with Crippen LogP contribution in [0.25, 0.3) is 0 Å². The summed E-state index contributed by atoms with van der Waals surface area (Å²) in [4.78, 5) is 14.3. The first-order valence-corrected chi connectivity index (χ1v) is 7.06. The number of likely N-dealkylation sites (N-methyl/N-ethyl adjacent to an activating group) is 1. The molecular weight excluding hydrogens is 268 g/mol. The van der Waals surface area contributed by atoms with E-state index in [0.717, 1.165) is 18.7 Å². The summed E-state index contributed by atoms with van der Waals surface area (Å²) >= 11 is 0. The number of amidine groups is 1. The maximum atomic E-state index is 12.2. The van der Waals surface area contributed by atoms with Gasteiger partial charge in [0.15, 0.2) is 5.84 Å². The van der Waals surface area contributed by atoms with Crippen molar-refractivity contribution in [2.75, 3.05) is 26.7 Å². The van der Waals surface area contributed by atoms with Crippen molar-refractivity contribution in [3.8, 4) is 0 Å². The van der Waals surface area contributed by atoms with Crippen LogP contribution in [0.3, 0.4) is 0 Å². The highest BCUT2D eigenvalue weighted by atomic mass is 16.4. The summed E-state index contributed by atoms with van der Waals surface area (Å²) in [5.74, 6) is -0.955. The van der Waals surface area contributed by atoms with E-state index in [0.29, 0.717) is 13.0 Å². The second-order valence-corrected chi connectivity index (χ2v) is 4.95.